The van der Waals surface area contributed by atoms with Crippen LogP contribution in [0.25, 0.3) is 0 Å². The van der Waals surface area contributed by atoms with Crippen LogP contribution in [-0.4, -0.2) is 12.9 Å². The smallest absolute Gasteiger partial charge is 0.171 e. The third-order valence-corrected chi connectivity index (χ3v) is 3.66. The van der Waals surface area contributed by atoms with Gasteiger partial charge in [0.15, 0.2) is 5.78 Å². The number of rotatable bonds is 4. The molecule has 0 spiro atoms. The molecule has 0 aliphatic rings. The van der Waals surface area contributed by atoms with Gasteiger partial charge in [0.1, 0.15) is 5.75 Å². The van der Waals surface area contributed by atoms with Crippen LogP contribution in [0, 0.1) is 0 Å². The number of benzene rings is 2. The quantitative estimate of drug-likeness (QED) is 0.731. The first-order valence-electron chi connectivity index (χ1n) is 5.82. The highest BCUT2D eigenvalue weighted by Crippen LogP contribution is 2.27. The molecule has 0 amide bonds. The Hall–Kier alpha value is -1.22. The number of methoxy groups -OCH3 is 1. The van der Waals surface area contributed by atoms with E-state index in [9.17, 15) is 4.79 Å². The molecule has 2 aromatic carbocycles. The molecule has 0 radical (unpaired) electrons. The van der Waals surface area contributed by atoms with Crippen LogP contribution in [0.4, 0.5) is 0 Å². The van der Waals surface area contributed by atoms with E-state index in [1.54, 1.807) is 36.4 Å². The van der Waals surface area contributed by atoms with Crippen LogP contribution >= 0.6 is 34.8 Å². The normalized spacial score (nSPS) is 10.4. The highest BCUT2D eigenvalue weighted by atomic mass is 35.5. The molecule has 0 aromatic heterocycles. The molecule has 0 saturated carbocycles. The predicted molar refractivity (Wildman–Crippen MR) is 82.5 cm³/mol. The summed E-state index contributed by atoms with van der Waals surface area (Å²) >= 11 is 17.9. The van der Waals surface area contributed by atoms with E-state index in [-0.39, 0.29) is 12.2 Å². The fourth-order valence-electron chi connectivity index (χ4n) is 1.84. The first-order valence-corrected chi connectivity index (χ1v) is 6.95. The molecule has 104 valence electrons. The summed E-state index contributed by atoms with van der Waals surface area (Å²) < 4.78 is 5.17. The van der Waals surface area contributed by atoms with E-state index in [1.807, 2.05) is 0 Å². The second-order valence-corrected chi connectivity index (χ2v) is 5.46. The Morgan fingerprint density at radius 3 is 2.40 bits per heavy atom. The second-order valence-electron chi connectivity index (χ2n) is 4.18. The van der Waals surface area contributed by atoms with Gasteiger partial charge < -0.3 is 4.74 Å². The van der Waals surface area contributed by atoms with Gasteiger partial charge in [0.25, 0.3) is 0 Å². The Kier molecular flexibility index (Phi) is 4.92. The average Bonchev–Trinajstić information content (AvgIpc) is 2.42. The third-order valence-electron chi connectivity index (χ3n) is 2.82. The summed E-state index contributed by atoms with van der Waals surface area (Å²) in [5, 5.41) is 1.56. The first-order chi connectivity index (χ1) is 9.51. The van der Waals surface area contributed by atoms with Gasteiger partial charge in [0, 0.05) is 21.5 Å². The molecule has 0 N–H and O–H groups in total. The number of carbonyl (C=O) groups excluding carboxylic acids is 1. The fourth-order valence-corrected chi connectivity index (χ4v) is 2.38. The van der Waals surface area contributed by atoms with Crippen molar-refractivity contribution >= 4 is 40.6 Å². The van der Waals surface area contributed by atoms with Gasteiger partial charge in [0.2, 0.25) is 0 Å². The molecule has 0 atom stereocenters. The minimum Gasteiger partial charge on any atom is -0.496 e. The van der Waals surface area contributed by atoms with Crippen LogP contribution in [0.2, 0.25) is 15.1 Å². The highest BCUT2D eigenvalue weighted by Gasteiger charge is 2.15. The molecule has 0 bridgehead atoms. The van der Waals surface area contributed by atoms with Crippen LogP contribution in [-0.2, 0) is 6.42 Å². The molecule has 0 heterocycles. The van der Waals surface area contributed by atoms with E-state index in [4.69, 9.17) is 39.5 Å². The lowest BCUT2D eigenvalue weighted by molar-refractivity contribution is 0.0990. The van der Waals surface area contributed by atoms with Crippen molar-refractivity contribution in [2.24, 2.45) is 0 Å². The molecule has 2 nitrogen and oxygen atoms in total. The topological polar surface area (TPSA) is 26.3 Å². The van der Waals surface area contributed by atoms with Crippen LogP contribution in [0.15, 0.2) is 36.4 Å². The largest absolute Gasteiger partial charge is 0.496 e. The summed E-state index contributed by atoms with van der Waals surface area (Å²) in [6, 6.07) is 9.93. The maximum Gasteiger partial charge on any atom is 0.171 e. The molecule has 5 heteroatoms. The van der Waals surface area contributed by atoms with Crippen LogP contribution in [0.5, 0.6) is 5.75 Å². The first kappa shape index (κ1) is 15.2. The number of Topliss-reactive ketones (excluding diaryl/α,β-unsaturated/α-hetero) is 1. The van der Waals surface area contributed by atoms with Crippen molar-refractivity contribution in [1.29, 1.82) is 0 Å². The maximum absolute atomic E-state index is 12.3. The predicted octanol–water partition coefficient (Wildman–Crippen LogP) is 5.08. The van der Waals surface area contributed by atoms with Gasteiger partial charge in [-0.3, -0.25) is 4.79 Å². The van der Waals surface area contributed by atoms with Gasteiger partial charge in [-0.05, 0) is 42.0 Å². The Labute approximate surface area is 132 Å². The molecule has 0 aliphatic carbocycles. The Bertz CT molecular complexity index is 654. The monoisotopic (exact) mass is 328 g/mol. The summed E-state index contributed by atoms with van der Waals surface area (Å²) in [5.74, 6) is 0.336. The molecule has 0 fully saturated rings. The number of ketones is 1. The number of hydrogen-bond acceptors (Lipinski definition) is 2. The van der Waals surface area contributed by atoms with E-state index in [0.717, 1.165) is 0 Å². The van der Waals surface area contributed by atoms with Crippen LogP contribution < -0.4 is 4.74 Å². The van der Waals surface area contributed by atoms with Crippen molar-refractivity contribution in [2.45, 2.75) is 6.42 Å². The van der Waals surface area contributed by atoms with Gasteiger partial charge >= 0.3 is 0 Å². The van der Waals surface area contributed by atoms with Gasteiger partial charge in [-0.2, -0.15) is 0 Å². The van der Waals surface area contributed by atoms with E-state index in [2.05, 4.69) is 0 Å². The van der Waals surface area contributed by atoms with Gasteiger partial charge in [-0.25, -0.2) is 0 Å². The molecule has 0 saturated heterocycles. The fraction of sp³-hybridized carbons (Fsp3) is 0.133. The Morgan fingerprint density at radius 2 is 1.70 bits per heavy atom. The van der Waals surface area contributed by atoms with Crippen molar-refractivity contribution in [3.8, 4) is 5.75 Å². The maximum atomic E-state index is 12.3. The number of carbonyl (C=O) groups is 1. The van der Waals surface area contributed by atoms with Crippen molar-refractivity contribution in [2.75, 3.05) is 7.11 Å². The van der Waals surface area contributed by atoms with Gasteiger partial charge in [0.05, 0.1) is 12.7 Å². The summed E-state index contributed by atoms with van der Waals surface area (Å²) in [4.78, 5) is 12.3. The zero-order valence-electron chi connectivity index (χ0n) is 10.6. The zero-order valence-corrected chi connectivity index (χ0v) is 12.9. The Balaban J connectivity index is 2.30. The van der Waals surface area contributed by atoms with Crippen molar-refractivity contribution < 1.29 is 9.53 Å². The number of halogens is 3. The van der Waals surface area contributed by atoms with Crippen LogP contribution in [0.1, 0.15) is 15.9 Å². The lowest BCUT2D eigenvalue weighted by Crippen LogP contribution is -2.06. The van der Waals surface area contributed by atoms with Crippen molar-refractivity contribution in [1.82, 2.24) is 0 Å². The summed E-state index contributed by atoms with van der Waals surface area (Å²) in [6.45, 7) is 0. The van der Waals surface area contributed by atoms with Gasteiger partial charge in [-0.1, -0.05) is 34.8 Å². The highest BCUT2D eigenvalue weighted by molar-refractivity contribution is 6.34. The molecule has 20 heavy (non-hydrogen) atoms. The molecular formula is C15H11Cl3O2. The zero-order chi connectivity index (χ0) is 14.7. The minimum absolute atomic E-state index is 0.109. The number of ether oxygens (including phenoxy) is 1. The molecule has 2 aromatic rings. The van der Waals surface area contributed by atoms with E-state index in [1.165, 1.54) is 7.11 Å². The molecular weight excluding hydrogens is 319 g/mol. The lowest BCUT2D eigenvalue weighted by atomic mass is 10.0. The SMILES string of the molecule is COc1cc(Cl)ccc1C(=O)Cc1cc(Cl)ccc1Cl. The van der Waals surface area contributed by atoms with E-state index in [0.29, 0.717) is 31.9 Å². The van der Waals surface area contributed by atoms with Crippen molar-refractivity contribution in [3.63, 3.8) is 0 Å². The minimum atomic E-state index is -0.109. The average molecular weight is 330 g/mol. The molecule has 2 rings (SSSR count). The summed E-state index contributed by atoms with van der Waals surface area (Å²) in [5.41, 5.74) is 1.15. The third kappa shape index (κ3) is 3.45. The standard InChI is InChI=1S/C15H11Cl3O2/c1-20-15-8-11(17)2-4-12(15)14(19)7-9-6-10(16)3-5-13(9)18/h2-6,8H,7H2,1H3. The second kappa shape index (κ2) is 6.49. The Morgan fingerprint density at radius 1 is 1.05 bits per heavy atom. The molecule has 0 unspecified atom stereocenters. The van der Waals surface area contributed by atoms with Gasteiger partial charge in [-0.15, -0.1) is 0 Å². The van der Waals surface area contributed by atoms with Crippen LogP contribution in [0.3, 0.4) is 0 Å². The molecule has 0 aliphatic heterocycles. The van der Waals surface area contributed by atoms with Crippen molar-refractivity contribution in [3.05, 3.63) is 62.6 Å². The lowest BCUT2D eigenvalue weighted by Gasteiger charge is -2.09. The summed E-state index contributed by atoms with van der Waals surface area (Å²) in [7, 11) is 1.49. The van der Waals surface area contributed by atoms with E-state index < -0.39 is 0 Å². The van der Waals surface area contributed by atoms with E-state index >= 15 is 0 Å². The summed E-state index contributed by atoms with van der Waals surface area (Å²) in [6.07, 6.45) is 0.150. The number of hydrogen-bond donors (Lipinski definition) is 0.